The van der Waals surface area contributed by atoms with Gasteiger partial charge in [0.05, 0.1) is 0 Å². The topological polar surface area (TPSA) is 26.0 Å². The van der Waals surface area contributed by atoms with Crippen molar-refractivity contribution in [3.8, 4) is 0 Å². The maximum Gasteiger partial charge on any atom is 0.0204 e. The maximum atomic E-state index is 5.99. The fourth-order valence-corrected chi connectivity index (χ4v) is 2.19. The Bertz CT molecular complexity index is 323. The van der Waals surface area contributed by atoms with E-state index in [0.717, 1.165) is 19.3 Å². The Labute approximate surface area is 108 Å². The highest BCUT2D eigenvalue weighted by atomic mass is 79.9. The maximum absolute atomic E-state index is 5.99. The number of rotatable bonds is 6. The lowest BCUT2D eigenvalue weighted by Crippen LogP contribution is -2.19. The van der Waals surface area contributed by atoms with Crippen LogP contribution in [-0.4, -0.2) is 6.04 Å². The molecule has 90 valence electrons. The molecule has 1 rings (SSSR count). The Hall–Kier alpha value is -0.340. The third-order valence-electron chi connectivity index (χ3n) is 2.92. The first kappa shape index (κ1) is 13.7. The summed E-state index contributed by atoms with van der Waals surface area (Å²) in [5, 5.41) is 0. The van der Waals surface area contributed by atoms with Crippen molar-refractivity contribution in [2.45, 2.75) is 52.0 Å². The molecule has 0 amide bonds. The summed E-state index contributed by atoms with van der Waals surface area (Å²) in [6, 6.07) is 6.98. The fourth-order valence-electron chi connectivity index (χ4n) is 1.95. The average Bonchev–Trinajstić information content (AvgIpc) is 2.24. The van der Waals surface area contributed by atoms with Gasteiger partial charge in [0.2, 0.25) is 0 Å². The van der Waals surface area contributed by atoms with Crippen LogP contribution < -0.4 is 5.73 Å². The van der Waals surface area contributed by atoms with Gasteiger partial charge in [-0.25, -0.2) is 0 Å². The SMILES string of the molecule is CCCC(N)CCCc1ccc(Br)c(C)c1. The lowest BCUT2D eigenvalue weighted by Gasteiger charge is -2.10. The van der Waals surface area contributed by atoms with Crippen molar-refractivity contribution in [2.75, 3.05) is 0 Å². The zero-order valence-electron chi connectivity index (χ0n) is 10.3. The van der Waals surface area contributed by atoms with E-state index in [9.17, 15) is 0 Å². The second-order valence-corrected chi connectivity index (χ2v) is 5.38. The first-order valence-electron chi connectivity index (χ1n) is 6.14. The van der Waals surface area contributed by atoms with Gasteiger partial charge in [0.15, 0.2) is 0 Å². The lowest BCUT2D eigenvalue weighted by atomic mass is 10.0. The molecular formula is C14H22BrN. The summed E-state index contributed by atoms with van der Waals surface area (Å²) >= 11 is 3.52. The summed E-state index contributed by atoms with van der Waals surface area (Å²) in [4.78, 5) is 0. The number of halogens is 1. The van der Waals surface area contributed by atoms with E-state index in [1.165, 1.54) is 28.4 Å². The first-order valence-corrected chi connectivity index (χ1v) is 6.93. The highest BCUT2D eigenvalue weighted by molar-refractivity contribution is 9.10. The van der Waals surface area contributed by atoms with Crippen LogP contribution in [0.5, 0.6) is 0 Å². The van der Waals surface area contributed by atoms with Crippen LogP contribution in [0.2, 0.25) is 0 Å². The number of hydrogen-bond donors (Lipinski definition) is 1. The molecule has 0 radical (unpaired) electrons. The minimum absolute atomic E-state index is 0.390. The van der Waals surface area contributed by atoms with Crippen LogP contribution in [0.1, 0.15) is 43.7 Å². The predicted molar refractivity (Wildman–Crippen MR) is 74.7 cm³/mol. The average molecular weight is 284 g/mol. The molecule has 0 aromatic heterocycles. The smallest absolute Gasteiger partial charge is 0.0204 e. The van der Waals surface area contributed by atoms with Crippen LogP contribution in [0.3, 0.4) is 0 Å². The van der Waals surface area contributed by atoms with E-state index in [1.807, 2.05) is 0 Å². The quantitative estimate of drug-likeness (QED) is 0.832. The second kappa shape index (κ2) is 7.08. The third kappa shape index (κ3) is 4.67. The second-order valence-electron chi connectivity index (χ2n) is 4.52. The molecule has 1 nitrogen and oxygen atoms in total. The molecule has 0 saturated carbocycles. The number of hydrogen-bond acceptors (Lipinski definition) is 1. The van der Waals surface area contributed by atoms with Crippen LogP contribution in [0.25, 0.3) is 0 Å². The Kier molecular flexibility index (Phi) is 6.07. The standard InChI is InChI=1S/C14H22BrN/c1-3-5-13(16)7-4-6-12-8-9-14(15)11(2)10-12/h8-10,13H,3-7,16H2,1-2H3. The van der Waals surface area contributed by atoms with Crippen molar-refractivity contribution in [1.29, 1.82) is 0 Å². The van der Waals surface area contributed by atoms with Crippen molar-refractivity contribution < 1.29 is 0 Å². The van der Waals surface area contributed by atoms with Crippen molar-refractivity contribution in [1.82, 2.24) is 0 Å². The summed E-state index contributed by atoms with van der Waals surface area (Å²) in [5.41, 5.74) is 8.73. The first-order chi connectivity index (χ1) is 7.63. The van der Waals surface area contributed by atoms with E-state index < -0.39 is 0 Å². The van der Waals surface area contributed by atoms with Gasteiger partial charge in [0.1, 0.15) is 0 Å². The van der Waals surface area contributed by atoms with Crippen molar-refractivity contribution in [3.63, 3.8) is 0 Å². The van der Waals surface area contributed by atoms with Gasteiger partial charge in [0.25, 0.3) is 0 Å². The summed E-state index contributed by atoms with van der Waals surface area (Å²) in [6.45, 7) is 4.33. The van der Waals surface area contributed by atoms with Gasteiger partial charge < -0.3 is 5.73 Å². The highest BCUT2D eigenvalue weighted by Crippen LogP contribution is 2.18. The van der Waals surface area contributed by atoms with Crippen molar-refractivity contribution >= 4 is 15.9 Å². The molecule has 0 spiro atoms. The summed E-state index contributed by atoms with van der Waals surface area (Å²) in [6.07, 6.45) is 5.83. The molecule has 0 bridgehead atoms. The van der Waals surface area contributed by atoms with E-state index in [0.29, 0.717) is 6.04 Å². The van der Waals surface area contributed by atoms with E-state index in [4.69, 9.17) is 5.73 Å². The third-order valence-corrected chi connectivity index (χ3v) is 3.81. The summed E-state index contributed by atoms with van der Waals surface area (Å²) < 4.78 is 1.19. The molecule has 1 unspecified atom stereocenters. The van der Waals surface area contributed by atoms with Crippen molar-refractivity contribution in [2.24, 2.45) is 5.73 Å². The molecule has 0 aliphatic rings. The minimum atomic E-state index is 0.390. The minimum Gasteiger partial charge on any atom is -0.328 e. The highest BCUT2D eigenvalue weighted by Gasteiger charge is 2.02. The Morgan fingerprint density at radius 2 is 2.06 bits per heavy atom. The summed E-state index contributed by atoms with van der Waals surface area (Å²) in [7, 11) is 0. The molecule has 2 heteroatoms. The van der Waals surface area contributed by atoms with E-state index in [1.54, 1.807) is 0 Å². The fraction of sp³-hybridized carbons (Fsp3) is 0.571. The van der Waals surface area contributed by atoms with E-state index >= 15 is 0 Å². The number of benzene rings is 1. The van der Waals surface area contributed by atoms with Crippen molar-refractivity contribution in [3.05, 3.63) is 33.8 Å². The zero-order chi connectivity index (χ0) is 12.0. The molecule has 1 aromatic rings. The Morgan fingerprint density at radius 3 is 2.69 bits per heavy atom. The van der Waals surface area contributed by atoms with Gasteiger partial charge in [0, 0.05) is 10.5 Å². The monoisotopic (exact) mass is 283 g/mol. The van der Waals surface area contributed by atoms with Gasteiger partial charge >= 0.3 is 0 Å². The lowest BCUT2D eigenvalue weighted by molar-refractivity contribution is 0.539. The molecule has 1 atom stereocenters. The largest absolute Gasteiger partial charge is 0.328 e. The van der Waals surface area contributed by atoms with Crippen LogP contribution in [-0.2, 0) is 6.42 Å². The summed E-state index contributed by atoms with van der Waals surface area (Å²) in [5.74, 6) is 0. The van der Waals surface area contributed by atoms with Crippen LogP contribution in [0, 0.1) is 6.92 Å². The molecule has 16 heavy (non-hydrogen) atoms. The predicted octanol–water partition coefficient (Wildman–Crippen LogP) is 4.21. The molecule has 0 aliphatic heterocycles. The van der Waals surface area contributed by atoms with Crippen LogP contribution in [0.15, 0.2) is 22.7 Å². The van der Waals surface area contributed by atoms with Gasteiger partial charge in [-0.1, -0.05) is 41.4 Å². The molecule has 0 aliphatic carbocycles. The van der Waals surface area contributed by atoms with Gasteiger partial charge in [-0.15, -0.1) is 0 Å². The zero-order valence-corrected chi connectivity index (χ0v) is 11.9. The van der Waals surface area contributed by atoms with E-state index in [2.05, 4.69) is 48.0 Å². The normalized spacial score (nSPS) is 12.8. The van der Waals surface area contributed by atoms with Crippen LogP contribution >= 0.6 is 15.9 Å². The van der Waals surface area contributed by atoms with Gasteiger partial charge in [-0.3, -0.25) is 0 Å². The number of aryl methyl sites for hydroxylation is 2. The van der Waals surface area contributed by atoms with E-state index in [-0.39, 0.29) is 0 Å². The molecule has 0 heterocycles. The molecule has 0 fully saturated rings. The Morgan fingerprint density at radius 1 is 1.31 bits per heavy atom. The number of nitrogens with two attached hydrogens (primary N) is 1. The Balaban J connectivity index is 2.34. The van der Waals surface area contributed by atoms with Gasteiger partial charge in [-0.2, -0.15) is 0 Å². The molecule has 0 saturated heterocycles. The van der Waals surface area contributed by atoms with Crippen LogP contribution in [0.4, 0.5) is 0 Å². The molecule has 1 aromatic carbocycles. The van der Waals surface area contributed by atoms with Gasteiger partial charge in [-0.05, 0) is 49.8 Å². The molecular weight excluding hydrogens is 262 g/mol. The molecule has 2 N–H and O–H groups in total.